The molecule has 0 fully saturated rings. The van der Waals surface area contributed by atoms with Crippen LogP contribution in [0.15, 0.2) is 48.1 Å². The van der Waals surface area contributed by atoms with Crippen LogP contribution >= 0.6 is 0 Å². The minimum Gasteiger partial charge on any atom is -0.411 e. The Morgan fingerprint density at radius 3 is 2.17 bits per heavy atom. The zero-order chi connectivity index (χ0) is 17.5. The molecule has 8 nitrogen and oxygen atoms in total. The molecule has 2 aromatic heterocycles. The summed E-state index contributed by atoms with van der Waals surface area (Å²) >= 11 is 0. The summed E-state index contributed by atoms with van der Waals surface area (Å²) in [6.45, 7) is 1.40. The van der Waals surface area contributed by atoms with Gasteiger partial charge < -0.3 is 16.7 Å². The number of rotatable bonds is 7. The normalized spacial score (nSPS) is 10.8. The van der Waals surface area contributed by atoms with Crippen molar-refractivity contribution in [2.75, 3.05) is 0 Å². The molecule has 5 N–H and O–H groups in total. The molecule has 0 aliphatic carbocycles. The van der Waals surface area contributed by atoms with E-state index in [1.54, 1.807) is 10.8 Å². The third-order valence-electron chi connectivity index (χ3n) is 3.51. The van der Waals surface area contributed by atoms with Crippen molar-refractivity contribution >= 4 is 18.0 Å². The van der Waals surface area contributed by atoms with E-state index >= 15 is 0 Å². The first-order valence-corrected chi connectivity index (χ1v) is 7.30. The van der Waals surface area contributed by atoms with Crippen LogP contribution in [-0.2, 0) is 13.1 Å². The lowest BCUT2D eigenvalue weighted by atomic mass is 10.1. The molecule has 0 atom stereocenters. The Bertz CT molecular complexity index is 772. The summed E-state index contributed by atoms with van der Waals surface area (Å²) in [5.74, 6) is -1.37. The number of hydrogen-bond donors (Lipinski definition) is 3. The van der Waals surface area contributed by atoms with Crippen LogP contribution < -0.4 is 20.6 Å². The summed E-state index contributed by atoms with van der Waals surface area (Å²) in [7, 11) is 0. The molecule has 0 spiro atoms. The number of primary amides is 2. The van der Waals surface area contributed by atoms with Crippen molar-refractivity contribution in [3.8, 4) is 0 Å². The summed E-state index contributed by atoms with van der Waals surface area (Å²) in [5.41, 5.74) is 11.6. The van der Waals surface area contributed by atoms with Gasteiger partial charge in [-0.1, -0.05) is 5.16 Å². The van der Waals surface area contributed by atoms with Gasteiger partial charge in [0.2, 0.25) is 5.91 Å². The first-order valence-electron chi connectivity index (χ1n) is 7.30. The van der Waals surface area contributed by atoms with E-state index in [1.807, 2.05) is 29.1 Å². The SMILES string of the molecule is NC(=O)c1cc[n+](CCC[n+]2ccc(/C=N/O)cc2)cc1C(N)=O. The van der Waals surface area contributed by atoms with Gasteiger partial charge in [-0.15, -0.1) is 0 Å². The van der Waals surface area contributed by atoms with Crippen LogP contribution in [0.2, 0.25) is 0 Å². The van der Waals surface area contributed by atoms with E-state index in [9.17, 15) is 9.59 Å². The fourth-order valence-corrected chi connectivity index (χ4v) is 2.30. The number of amides is 2. The summed E-state index contributed by atoms with van der Waals surface area (Å²) in [6, 6.07) is 5.16. The molecule has 0 aliphatic heterocycles. The Labute approximate surface area is 138 Å². The summed E-state index contributed by atoms with van der Waals surface area (Å²) in [6.07, 6.45) is 9.15. The van der Waals surface area contributed by atoms with Gasteiger partial charge >= 0.3 is 0 Å². The van der Waals surface area contributed by atoms with Crippen molar-refractivity contribution in [3.63, 3.8) is 0 Å². The second-order valence-electron chi connectivity index (χ2n) is 5.21. The molecule has 2 rings (SSSR count). The summed E-state index contributed by atoms with van der Waals surface area (Å²) < 4.78 is 3.78. The number of nitrogens with zero attached hydrogens (tertiary/aromatic N) is 3. The second kappa shape index (κ2) is 7.82. The standard InChI is InChI=1S/C16H17N5O3/c17-15(22)13-4-9-21(11-14(13)16(18)23)6-1-5-20-7-2-12(3-8-20)10-19-24/h2-4,7-11H,1,5-6H2,(H3-,17,18,22,23)/p+2. The molecule has 2 aromatic rings. The molecule has 0 aliphatic rings. The molecule has 0 bridgehead atoms. The highest BCUT2D eigenvalue weighted by molar-refractivity contribution is 6.05. The molecular weight excluding hydrogens is 310 g/mol. The quantitative estimate of drug-likeness (QED) is 0.270. The minimum absolute atomic E-state index is 0.116. The van der Waals surface area contributed by atoms with Gasteiger partial charge in [-0.2, -0.15) is 0 Å². The zero-order valence-corrected chi connectivity index (χ0v) is 13.0. The maximum absolute atomic E-state index is 11.4. The molecule has 0 unspecified atom stereocenters. The first kappa shape index (κ1) is 17.1. The highest BCUT2D eigenvalue weighted by Gasteiger charge is 2.17. The number of hydrogen-bond acceptors (Lipinski definition) is 4. The molecule has 8 heteroatoms. The molecule has 0 saturated heterocycles. The van der Waals surface area contributed by atoms with Gasteiger partial charge in [0.05, 0.1) is 18.2 Å². The number of aromatic nitrogens is 2. The molecule has 2 amide bonds. The van der Waals surface area contributed by atoms with Crippen LogP contribution in [0, 0.1) is 0 Å². The smallest absolute Gasteiger partial charge is 0.255 e. The van der Waals surface area contributed by atoms with Crippen molar-refractivity contribution in [2.45, 2.75) is 19.5 Å². The summed E-state index contributed by atoms with van der Waals surface area (Å²) in [4.78, 5) is 22.7. The van der Waals surface area contributed by atoms with Gasteiger partial charge in [0, 0.05) is 23.8 Å². The number of oxime groups is 1. The second-order valence-corrected chi connectivity index (χ2v) is 5.21. The van der Waals surface area contributed by atoms with Crippen molar-refractivity contribution in [3.05, 3.63) is 59.7 Å². The van der Waals surface area contributed by atoms with E-state index in [0.717, 1.165) is 18.5 Å². The average Bonchev–Trinajstić information content (AvgIpc) is 2.56. The van der Waals surface area contributed by atoms with E-state index < -0.39 is 11.8 Å². The third-order valence-corrected chi connectivity index (χ3v) is 3.51. The third kappa shape index (κ3) is 4.35. The predicted octanol–water partition coefficient (Wildman–Crippen LogP) is -0.642. The number of pyridine rings is 2. The van der Waals surface area contributed by atoms with Crippen LogP contribution in [0.5, 0.6) is 0 Å². The van der Waals surface area contributed by atoms with Crippen LogP contribution in [0.25, 0.3) is 0 Å². The molecular formula is C16H19N5O3+2. The van der Waals surface area contributed by atoms with Gasteiger partial charge in [0.25, 0.3) is 5.91 Å². The Hall–Kier alpha value is -3.29. The number of aryl methyl sites for hydroxylation is 2. The van der Waals surface area contributed by atoms with Gasteiger partial charge in [0.1, 0.15) is 5.56 Å². The van der Waals surface area contributed by atoms with E-state index in [4.69, 9.17) is 16.7 Å². The highest BCUT2D eigenvalue weighted by Crippen LogP contribution is 2.04. The van der Waals surface area contributed by atoms with Crippen LogP contribution in [-0.4, -0.2) is 23.2 Å². The van der Waals surface area contributed by atoms with Crippen molar-refractivity contribution in [2.24, 2.45) is 16.6 Å². The van der Waals surface area contributed by atoms with Crippen LogP contribution in [0.1, 0.15) is 32.7 Å². The number of nitrogens with two attached hydrogens (primary N) is 2. The predicted molar refractivity (Wildman–Crippen MR) is 84.3 cm³/mol. The van der Waals surface area contributed by atoms with Gasteiger partial charge in [-0.3, -0.25) is 9.59 Å². The Balaban J connectivity index is 2.00. The number of carbonyl (C=O) groups excluding carboxylic acids is 2. The fourth-order valence-electron chi connectivity index (χ4n) is 2.30. The minimum atomic E-state index is -0.686. The molecule has 2 heterocycles. The Morgan fingerprint density at radius 1 is 1.00 bits per heavy atom. The van der Waals surface area contributed by atoms with E-state index in [2.05, 4.69) is 5.16 Å². The van der Waals surface area contributed by atoms with Crippen LogP contribution in [0.3, 0.4) is 0 Å². The van der Waals surface area contributed by atoms with Crippen LogP contribution in [0.4, 0.5) is 0 Å². The van der Waals surface area contributed by atoms with Gasteiger partial charge in [-0.05, 0) is 0 Å². The van der Waals surface area contributed by atoms with E-state index in [-0.39, 0.29) is 11.1 Å². The van der Waals surface area contributed by atoms with E-state index in [1.165, 1.54) is 18.5 Å². The summed E-state index contributed by atoms with van der Waals surface area (Å²) in [5, 5.41) is 11.4. The Kier molecular flexibility index (Phi) is 5.56. The largest absolute Gasteiger partial charge is 0.411 e. The van der Waals surface area contributed by atoms with Crippen molar-refractivity contribution < 1.29 is 23.9 Å². The zero-order valence-electron chi connectivity index (χ0n) is 13.0. The highest BCUT2D eigenvalue weighted by atomic mass is 16.4. The Morgan fingerprint density at radius 2 is 1.58 bits per heavy atom. The van der Waals surface area contributed by atoms with Crippen molar-refractivity contribution in [1.29, 1.82) is 0 Å². The molecule has 24 heavy (non-hydrogen) atoms. The fraction of sp³-hybridized carbons (Fsp3) is 0.188. The lowest BCUT2D eigenvalue weighted by molar-refractivity contribution is -0.727. The lowest BCUT2D eigenvalue weighted by Gasteiger charge is -2.02. The van der Waals surface area contributed by atoms with E-state index in [0.29, 0.717) is 6.54 Å². The maximum atomic E-state index is 11.4. The van der Waals surface area contributed by atoms with Crippen molar-refractivity contribution in [1.82, 2.24) is 0 Å². The average molecular weight is 329 g/mol. The molecule has 0 saturated carbocycles. The van der Waals surface area contributed by atoms with Gasteiger partial charge in [0.15, 0.2) is 37.9 Å². The lowest BCUT2D eigenvalue weighted by Crippen LogP contribution is -2.40. The maximum Gasteiger partial charge on any atom is 0.255 e. The molecule has 0 radical (unpaired) electrons. The molecule has 0 aromatic carbocycles. The molecule has 124 valence electrons. The topological polar surface area (TPSA) is 127 Å². The monoisotopic (exact) mass is 329 g/mol. The number of carbonyl (C=O) groups is 2. The van der Waals surface area contributed by atoms with Gasteiger partial charge in [-0.25, -0.2) is 9.13 Å². The first-order chi connectivity index (χ1) is 11.5.